The van der Waals surface area contributed by atoms with E-state index in [-0.39, 0.29) is 22.8 Å². The van der Waals surface area contributed by atoms with Crippen molar-refractivity contribution in [3.8, 4) is 0 Å². The number of nitrogens with two attached hydrogens (primary N) is 1. The topological polar surface area (TPSA) is 124 Å². The maximum Gasteiger partial charge on any atom is 0.282 e. The van der Waals surface area contributed by atoms with Crippen molar-refractivity contribution in [3.05, 3.63) is 50.9 Å². The van der Waals surface area contributed by atoms with Crippen LogP contribution in [0.4, 0.5) is 17.2 Å². The molecule has 20 heavy (non-hydrogen) atoms. The van der Waals surface area contributed by atoms with E-state index in [2.05, 4.69) is 31.2 Å². The number of nitro benzene ring substituents is 1. The Labute approximate surface area is 121 Å². The predicted molar refractivity (Wildman–Crippen MR) is 75.2 cm³/mol. The van der Waals surface area contributed by atoms with Crippen LogP contribution in [0.25, 0.3) is 0 Å². The first kappa shape index (κ1) is 13.9. The molecular weight excluding hydrogens is 330 g/mol. The summed E-state index contributed by atoms with van der Waals surface area (Å²) in [6.07, 6.45) is 2.71. The lowest BCUT2D eigenvalue weighted by Crippen LogP contribution is -2.15. The average molecular weight is 338 g/mol. The molecule has 0 aliphatic carbocycles. The normalized spacial score (nSPS) is 10.1. The van der Waals surface area contributed by atoms with Crippen molar-refractivity contribution in [2.75, 3.05) is 11.1 Å². The van der Waals surface area contributed by atoms with E-state index >= 15 is 0 Å². The number of benzene rings is 1. The highest BCUT2D eigenvalue weighted by Gasteiger charge is 2.20. The van der Waals surface area contributed by atoms with Crippen molar-refractivity contribution in [1.29, 1.82) is 0 Å². The van der Waals surface area contributed by atoms with E-state index in [1.165, 1.54) is 30.6 Å². The molecule has 1 heterocycles. The van der Waals surface area contributed by atoms with Crippen LogP contribution in [-0.4, -0.2) is 20.8 Å². The molecule has 0 radical (unpaired) electrons. The second-order valence-corrected chi connectivity index (χ2v) is 4.52. The van der Waals surface area contributed by atoms with Gasteiger partial charge in [-0.1, -0.05) is 0 Å². The summed E-state index contributed by atoms with van der Waals surface area (Å²) < 4.78 is 0.505. The number of carbonyl (C=O) groups excluding carboxylic acids is 1. The second kappa shape index (κ2) is 5.61. The van der Waals surface area contributed by atoms with Crippen LogP contribution in [0.5, 0.6) is 0 Å². The molecule has 0 unspecified atom stereocenters. The molecule has 2 rings (SSSR count). The fourth-order valence-electron chi connectivity index (χ4n) is 1.46. The molecule has 0 aliphatic rings. The Morgan fingerprint density at radius 3 is 2.70 bits per heavy atom. The Morgan fingerprint density at radius 1 is 1.35 bits per heavy atom. The molecule has 2 aromatic rings. The lowest BCUT2D eigenvalue weighted by Gasteiger charge is -2.05. The number of nitrogens with one attached hydrogen (secondary N) is 1. The first-order valence-electron chi connectivity index (χ1n) is 5.30. The van der Waals surface area contributed by atoms with Gasteiger partial charge in [0, 0.05) is 11.8 Å². The Morgan fingerprint density at radius 2 is 2.10 bits per heavy atom. The zero-order chi connectivity index (χ0) is 14.7. The number of nitro groups is 1. The summed E-state index contributed by atoms with van der Waals surface area (Å²) >= 11 is 3.10. The Hall–Kier alpha value is -2.55. The van der Waals surface area contributed by atoms with Crippen molar-refractivity contribution in [3.63, 3.8) is 0 Å². The number of rotatable bonds is 3. The van der Waals surface area contributed by atoms with Crippen LogP contribution in [0, 0.1) is 10.1 Å². The van der Waals surface area contributed by atoms with Gasteiger partial charge in [0.05, 0.1) is 17.3 Å². The van der Waals surface area contributed by atoms with Crippen molar-refractivity contribution >= 4 is 39.0 Å². The molecule has 0 saturated heterocycles. The number of nitrogens with zero attached hydrogens (tertiary/aromatic N) is 3. The summed E-state index contributed by atoms with van der Waals surface area (Å²) in [5.41, 5.74) is 5.32. The smallest absolute Gasteiger partial charge is 0.282 e. The lowest BCUT2D eigenvalue weighted by atomic mass is 10.1. The lowest BCUT2D eigenvalue weighted by molar-refractivity contribution is -0.385. The maximum absolute atomic E-state index is 12.0. The third-order valence-electron chi connectivity index (χ3n) is 2.32. The van der Waals surface area contributed by atoms with Gasteiger partial charge in [0.2, 0.25) is 0 Å². The number of anilines is 2. The molecule has 102 valence electrons. The average Bonchev–Trinajstić information content (AvgIpc) is 2.41. The quantitative estimate of drug-likeness (QED) is 0.501. The number of hydrogen-bond acceptors (Lipinski definition) is 6. The summed E-state index contributed by atoms with van der Waals surface area (Å²) in [4.78, 5) is 30.0. The van der Waals surface area contributed by atoms with Gasteiger partial charge < -0.3 is 11.1 Å². The van der Waals surface area contributed by atoms with Gasteiger partial charge in [-0.25, -0.2) is 9.97 Å². The number of amides is 1. The van der Waals surface area contributed by atoms with E-state index in [1.54, 1.807) is 0 Å². The summed E-state index contributed by atoms with van der Waals surface area (Å²) in [6, 6.07) is 3.77. The summed E-state index contributed by atoms with van der Waals surface area (Å²) in [6.45, 7) is 0. The molecule has 8 nitrogen and oxygen atoms in total. The molecule has 0 bridgehead atoms. The van der Waals surface area contributed by atoms with Gasteiger partial charge in [-0.2, -0.15) is 0 Å². The fraction of sp³-hybridized carbons (Fsp3) is 0. The number of aromatic nitrogens is 2. The number of hydrogen-bond donors (Lipinski definition) is 2. The van der Waals surface area contributed by atoms with Gasteiger partial charge in [-0.15, -0.1) is 0 Å². The summed E-state index contributed by atoms with van der Waals surface area (Å²) in [5.74, 6) is -0.504. The van der Waals surface area contributed by atoms with E-state index in [9.17, 15) is 14.9 Å². The number of halogens is 1. The minimum atomic E-state index is -0.680. The van der Waals surface area contributed by atoms with E-state index in [4.69, 9.17) is 5.73 Å². The van der Waals surface area contributed by atoms with Crippen LogP contribution in [0.2, 0.25) is 0 Å². The highest BCUT2D eigenvalue weighted by atomic mass is 79.9. The molecule has 9 heteroatoms. The Bertz CT molecular complexity index is 674. The van der Waals surface area contributed by atoms with Gasteiger partial charge in [0.15, 0.2) is 5.82 Å². The van der Waals surface area contributed by atoms with Gasteiger partial charge in [-0.05, 0) is 28.1 Å². The van der Waals surface area contributed by atoms with E-state index in [1.807, 2.05) is 0 Å². The van der Waals surface area contributed by atoms with Gasteiger partial charge in [0.1, 0.15) is 10.2 Å². The molecule has 1 aromatic heterocycles. The van der Waals surface area contributed by atoms with Crippen LogP contribution in [0.15, 0.2) is 35.2 Å². The Balaban J connectivity index is 2.31. The molecule has 0 saturated carbocycles. The molecule has 3 N–H and O–H groups in total. The Kier molecular flexibility index (Phi) is 3.89. The van der Waals surface area contributed by atoms with E-state index < -0.39 is 10.8 Å². The molecular formula is C11H8BrN5O3. The molecule has 0 aliphatic heterocycles. The zero-order valence-corrected chi connectivity index (χ0v) is 11.5. The molecule has 1 aromatic carbocycles. The van der Waals surface area contributed by atoms with Gasteiger partial charge in [-0.3, -0.25) is 14.9 Å². The minimum absolute atomic E-state index is 0.139. The molecule has 1 amide bonds. The van der Waals surface area contributed by atoms with E-state index in [0.717, 1.165) is 0 Å². The highest BCUT2D eigenvalue weighted by molar-refractivity contribution is 9.10. The first-order valence-corrected chi connectivity index (χ1v) is 6.09. The highest BCUT2D eigenvalue weighted by Crippen LogP contribution is 2.22. The first-order chi connectivity index (χ1) is 9.47. The third-order valence-corrected chi connectivity index (χ3v) is 2.73. The SMILES string of the molecule is Nc1ccc([N+](=O)[O-])c(C(=O)Nc2cnc(Br)cn2)c1. The standard InChI is InChI=1S/C11H8BrN5O3/c12-9-4-15-10(5-14-9)16-11(18)7-3-6(13)1-2-8(7)17(19)20/h1-5H,13H2,(H,15,16,18). The molecule has 0 spiro atoms. The van der Waals surface area contributed by atoms with Crippen molar-refractivity contribution in [2.24, 2.45) is 0 Å². The van der Waals surface area contributed by atoms with Crippen LogP contribution < -0.4 is 11.1 Å². The van der Waals surface area contributed by atoms with Crippen molar-refractivity contribution in [2.45, 2.75) is 0 Å². The van der Waals surface area contributed by atoms with Crippen molar-refractivity contribution < 1.29 is 9.72 Å². The maximum atomic E-state index is 12.0. The van der Waals surface area contributed by atoms with Crippen LogP contribution in [0.3, 0.4) is 0 Å². The van der Waals surface area contributed by atoms with Gasteiger partial charge in [0.25, 0.3) is 11.6 Å². The minimum Gasteiger partial charge on any atom is -0.399 e. The zero-order valence-electron chi connectivity index (χ0n) is 9.91. The number of carbonyl (C=O) groups is 1. The van der Waals surface area contributed by atoms with Crippen LogP contribution in [0.1, 0.15) is 10.4 Å². The third kappa shape index (κ3) is 3.06. The summed E-state index contributed by atoms with van der Waals surface area (Å²) in [5, 5.41) is 13.3. The largest absolute Gasteiger partial charge is 0.399 e. The van der Waals surface area contributed by atoms with Crippen LogP contribution >= 0.6 is 15.9 Å². The summed E-state index contributed by atoms with van der Waals surface area (Å²) in [7, 11) is 0. The van der Waals surface area contributed by atoms with Crippen LogP contribution in [-0.2, 0) is 0 Å². The second-order valence-electron chi connectivity index (χ2n) is 3.71. The number of nitrogen functional groups attached to an aromatic ring is 1. The monoisotopic (exact) mass is 337 g/mol. The van der Waals surface area contributed by atoms with Gasteiger partial charge >= 0.3 is 0 Å². The molecule has 0 atom stereocenters. The van der Waals surface area contributed by atoms with E-state index in [0.29, 0.717) is 4.60 Å². The predicted octanol–water partition coefficient (Wildman–Crippen LogP) is 1.98. The fourth-order valence-corrected chi connectivity index (χ4v) is 1.66. The molecule has 0 fully saturated rings. The van der Waals surface area contributed by atoms with Crippen molar-refractivity contribution in [1.82, 2.24) is 9.97 Å².